The zero-order valence-electron chi connectivity index (χ0n) is 10.5. The third-order valence-corrected chi connectivity index (χ3v) is 3.84. The van der Waals surface area contributed by atoms with Crippen LogP contribution in [0.5, 0.6) is 17.2 Å². The zero-order valence-corrected chi connectivity index (χ0v) is 10.5. The van der Waals surface area contributed by atoms with Gasteiger partial charge in [0.15, 0.2) is 11.5 Å². The minimum Gasteiger partial charge on any atom is -0.507 e. The Balaban J connectivity index is 2.34. The van der Waals surface area contributed by atoms with Crippen molar-refractivity contribution in [2.45, 2.75) is 26.4 Å². The van der Waals surface area contributed by atoms with Gasteiger partial charge in [0.05, 0.1) is 6.10 Å². The highest BCUT2D eigenvalue weighted by Crippen LogP contribution is 2.48. The average molecular weight is 244 g/mol. The number of ether oxygens (including phenoxy) is 1. The Morgan fingerprint density at radius 3 is 2.33 bits per heavy atom. The van der Waals surface area contributed by atoms with Gasteiger partial charge in [-0.25, -0.2) is 0 Å². The average Bonchev–Trinajstić information content (AvgIpc) is 2.38. The van der Waals surface area contributed by atoms with Crippen LogP contribution in [0.15, 0.2) is 24.3 Å². The summed E-state index contributed by atoms with van der Waals surface area (Å²) in [4.78, 5) is 0. The van der Waals surface area contributed by atoms with Crippen LogP contribution in [0.4, 0.5) is 0 Å². The molecule has 0 spiro atoms. The van der Waals surface area contributed by atoms with Crippen LogP contribution < -0.4 is 4.74 Å². The molecule has 1 aliphatic heterocycles. The third kappa shape index (κ3) is 1.43. The molecule has 0 saturated carbocycles. The van der Waals surface area contributed by atoms with Crippen LogP contribution in [0.2, 0.25) is 0 Å². The Morgan fingerprint density at radius 2 is 1.67 bits per heavy atom. The van der Waals surface area contributed by atoms with Crippen LogP contribution in [-0.2, 0) is 6.42 Å². The van der Waals surface area contributed by atoms with Gasteiger partial charge in [-0.3, -0.25) is 0 Å². The first-order valence-electron chi connectivity index (χ1n) is 6.21. The Morgan fingerprint density at radius 1 is 1.06 bits per heavy atom. The molecule has 2 aromatic rings. The van der Waals surface area contributed by atoms with Gasteiger partial charge in [0.1, 0.15) is 5.75 Å². The molecule has 0 radical (unpaired) electrons. The van der Waals surface area contributed by atoms with Crippen molar-refractivity contribution in [1.29, 1.82) is 0 Å². The van der Waals surface area contributed by atoms with Gasteiger partial charge in [-0.05, 0) is 19.3 Å². The Kier molecular flexibility index (Phi) is 2.37. The fourth-order valence-electron chi connectivity index (χ4n) is 2.54. The molecule has 0 aromatic heterocycles. The number of benzene rings is 2. The summed E-state index contributed by atoms with van der Waals surface area (Å²) in [5.41, 5.74) is 0.719. The molecule has 1 aliphatic rings. The van der Waals surface area contributed by atoms with E-state index in [1.807, 2.05) is 25.1 Å². The lowest BCUT2D eigenvalue weighted by Gasteiger charge is -2.30. The lowest BCUT2D eigenvalue weighted by molar-refractivity contribution is 0.133. The molecule has 0 amide bonds. The van der Waals surface area contributed by atoms with E-state index in [-0.39, 0.29) is 17.6 Å². The van der Waals surface area contributed by atoms with E-state index in [2.05, 4.69) is 6.92 Å². The van der Waals surface area contributed by atoms with Crippen LogP contribution in [0.25, 0.3) is 10.8 Å². The van der Waals surface area contributed by atoms with Crippen LogP contribution in [0.3, 0.4) is 0 Å². The lowest BCUT2D eigenvalue weighted by atomic mass is 9.90. The monoisotopic (exact) mass is 244 g/mol. The second-order valence-corrected chi connectivity index (χ2v) is 5.05. The molecule has 3 rings (SSSR count). The van der Waals surface area contributed by atoms with Gasteiger partial charge in [0.2, 0.25) is 0 Å². The van der Waals surface area contributed by atoms with E-state index >= 15 is 0 Å². The number of hydrogen-bond donors (Lipinski definition) is 2. The highest BCUT2D eigenvalue weighted by atomic mass is 16.5. The Labute approximate surface area is 106 Å². The molecule has 3 heteroatoms. The smallest absolute Gasteiger partial charge is 0.168 e. The summed E-state index contributed by atoms with van der Waals surface area (Å²) in [5.74, 6) is 1.13. The van der Waals surface area contributed by atoms with Crippen LogP contribution in [0.1, 0.15) is 19.4 Å². The van der Waals surface area contributed by atoms with Crippen molar-refractivity contribution in [3.05, 3.63) is 29.8 Å². The molecule has 2 unspecified atom stereocenters. The summed E-state index contributed by atoms with van der Waals surface area (Å²) >= 11 is 0. The molecule has 2 atom stereocenters. The lowest BCUT2D eigenvalue weighted by Crippen LogP contribution is -2.28. The highest BCUT2D eigenvalue weighted by molar-refractivity contribution is 5.96. The fourth-order valence-corrected chi connectivity index (χ4v) is 2.54. The SMILES string of the molecule is CC1Cc2c(c(O)c3ccccc3c2O)OC1C. The molecule has 1 heterocycles. The first-order chi connectivity index (χ1) is 8.59. The molecule has 2 aromatic carbocycles. The maximum absolute atomic E-state index is 10.3. The van der Waals surface area contributed by atoms with Crippen molar-refractivity contribution in [2.75, 3.05) is 0 Å². The molecule has 0 saturated heterocycles. The Hall–Kier alpha value is -1.90. The van der Waals surface area contributed by atoms with Crippen LogP contribution in [-0.4, -0.2) is 16.3 Å². The van der Waals surface area contributed by atoms with Crippen molar-refractivity contribution < 1.29 is 14.9 Å². The van der Waals surface area contributed by atoms with Gasteiger partial charge in [0.25, 0.3) is 0 Å². The van der Waals surface area contributed by atoms with E-state index in [9.17, 15) is 10.2 Å². The van der Waals surface area contributed by atoms with Gasteiger partial charge in [-0.1, -0.05) is 31.2 Å². The van der Waals surface area contributed by atoms with E-state index in [1.165, 1.54) is 0 Å². The van der Waals surface area contributed by atoms with Crippen molar-refractivity contribution in [3.8, 4) is 17.2 Å². The summed E-state index contributed by atoms with van der Waals surface area (Å²) in [6, 6.07) is 7.29. The normalized spacial score (nSPS) is 22.6. The zero-order chi connectivity index (χ0) is 12.9. The number of rotatable bonds is 0. The van der Waals surface area contributed by atoms with E-state index < -0.39 is 0 Å². The topological polar surface area (TPSA) is 49.7 Å². The van der Waals surface area contributed by atoms with Crippen molar-refractivity contribution in [3.63, 3.8) is 0 Å². The maximum Gasteiger partial charge on any atom is 0.168 e. The summed E-state index contributed by atoms with van der Waals surface area (Å²) in [5, 5.41) is 21.9. The predicted octanol–water partition coefficient (Wildman–Crippen LogP) is 3.21. The van der Waals surface area contributed by atoms with Crippen LogP contribution in [0, 0.1) is 5.92 Å². The van der Waals surface area contributed by atoms with E-state index in [1.54, 1.807) is 6.07 Å². The molecule has 0 fully saturated rings. The first-order valence-corrected chi connectivity index (χ1v) is 6.21. The molecular weight excluding hydrogens is 228 g/mol. The number of aromatic hydroxyl groups is 2. The van der Waals surface area contributed by atoms with Gasteiger partial charge >= 0.3 is 0 Å². The largest absolute Gasteiger partial charge is 0.507 e. The minimum absolute atomic E-state index is 0.0453. The summed E-state index contributed by atoms with van der Waals surface area (Å²) < 4.78 is 5.75. The van der Waals surface area contributed by atoms with Gasteiger partial charge in [-0.15, -0.1) is 0 Å². The molecule has 0 aliphatic carbocycles. The van der Waals surface area contributed by atoms with Gasteiger partial charge < -0.3 is 14.9 Å². The maximum atomic E-state index is 10.3. The minimum atomic E-state index is 0.0453. The van der Waals surface area contributed by atoms with Crippen LogP contribution >= 0.6 is 0 Å². The quantitative estimate of drug-likeness (QED) is 0.700. The highest BCUT2D eigenvalue weighted by Gasteiger charge is 2.29. The summed E-state index contributed by atoms with van der Waals surface area (Å²) in [6.45, 7) is 4.07. The van der Waals surface area contributed by atoms with E-state index in [4.69, 9.17) is 4.74 Å². The second-order valence-electron chi connectivity index (χ2n) is 5.05. The van der Waals surface area contributed by atoms with Gasteiger partial charge in [-0.2, -0.15) is 0 Å². The van der Waals surface area contributed by atoms with Gasteiger partial charge in [0, 0.05) is 16.3 Å². The molecular formula is C15H16O3. The van der Waals surface area contributed by atoms with Crippen molar-refractivity contribution in [2.24, 2.45) is 5.92 Å². The van der Waals surface area contributed by atoms with E-state index in [0.29, 0.717) is 22.4 Å². The molecule has 18 heavy (non-hydrogen) atoms. The molecule has 2 N–H and O–H groups in total. The molecule has 0 bridgehead atoms. The third-order valence-electron chi connectivity index (χ3n) is 3.84. The summed E-state index contributed by atoms with van der Waals surface area (Å²) in [7, 11) is 0. The van der Waals surface area contributed by atoms with E-state index in [0.717, 1.165) is 12.0 Å². The first kappa shape index (κ1) is 11.2. The number of phenols is 2. The molecule has 94 valence electrons. The predicted molar refractivity (Wildman–Crippen MR) is 70.2 cm³/mol. The standard InChI is InChI=1S/C15H16O3/c1-8-7-12-13(16)10-5-3-4-6-11(10)14(17)15(12)18-9(8)2/h3-6,8-9,16-17H,7H2,1-2H3. The number of phenolic OH excluding ortho intramolecular Hbond substituents is 2. The second kappa shape index (κ2) is 3.80. The fraction of sp³-hybridized carbons (Fsp3) is 0.333. The molecule has 3 nitrogen and oxygen atoms in total. The summed E-state index contributed by atoms with van der Waals surface area (Å²) in [6.07, 6.45) is 0.768. The number of fused-ring (bicyclic) bond motifs is 2. The van der Waals surface area contributed by atoms with Crippen molar-refractivity contribution in [1.82, 2.24) is 0 Å². The number of hydrogen-bond acceptors (Lipinski definition) is 3. The van der Waals surface area contributed by atoms with Crippen molar-refractivity contribution >= 4 is 10.8 Å². The Bertz CT molecular complexity index is 564.